The number of carbonyl (C=O) groups excluding carboxylic acids is 2. The summed E-state index contributed by atoms with van der Waals surface area (Å²) in [6.45, 7) is 11.2. The monoisotopic (exact) mass is 461 g/mol. The average molecular weight is 462 g/mol. The van der Waals surface area contributed by atoms with Crippen LogP contribution in [0.5, 0.6) is 0 Å². The van der Waals surface area contributed by atoms with E-state index in [0.717, 1.165) is 22.6 Å². The third-order valence-electron chi connectivity index (χ3n) is 6.54. The van der Waals surface area contributed by atoms with E-state index in [-0.39, 0.29) is 23.8 Å². The lowest BCUT2D eigenvalue weighted by Gasteiger charge is -2.37. The van der Waals surface area contributed by atoms with Crippen LogP contribution in [0.15, 0.2) is 24.3 Å². The van der Waals surface area contributed by atoms with Crippen molar-refractivity contribution in [1.29, 1.82) is 5.26 Å². The first-order valence-corrected chi connectivity index (χ1v) is 11.6. The first-order chi connectivity index (χ1) is 16.2. The fraction of sp³-hybridized carbons (Fsp3) is 0.462. The third-order valence-corrected chi connectivity index (χ3v) is 6.54. The van der Waals surface area contributed by atoms with Crippen molar-refractivity contribution in [3.05, 3.63) is 52.2 Å². The molecule has 1 aromatic carbocycles. The summed E-state index contributed by atoms with van der Waals surface area (Å²) in [7, 11) is 0. The molecule has 1 saturated heterocycles. The van der Waals surface area contributed by atoms with Gasteiger partial charge < -0.3 is 15.0 Å². The molecule has 34 heavy (non-hydrogen) atoms. The van der Waals surface area contributed by atoms with Crippen LogP contribution in [0, 0.1) is 18.3 Å². The van der Waals surface area contributed by atoms with Crippen LogP contribution in [0.2, 0.25) is 0 Å². The molecule has 8 nitrogen and oxygen atoms in total. The Morgan fingerprint density at radius 1 is 1.15 bits per heavy atom. The number of nitrogens with zero attached hydrogens (tertiary/aromatic N) is 4. The number of benzene rings is 1. The van der Waals surface area contributed by atoms with Gasteiger partial charge in [-0.25, -0.2) is 4.98 Å². The number of amides is 1. The number of aryl methyl sites for hydroxylation is 1. The lowest BCUT2D eigenvalue weighted by Crippen LogP contribution is -2.49. The molecule has 0 unspecified atom stereocenters. The van der Waals surface area contributed by atoms with E-state index >= 15 is 0 Å². The summed E-state index contributed by atoms with van der Waals surface area (Å²) < 4.78 is 5.94. The molecule has 0 radical (unpaired) electrons. The lowest BCUT2D eigenvalue weighted by atomic mass is 9.88. The number of ether oxygens (including phenoxy) is 1. The molecule has 178 valence electrons. The van der Waals surface area contributed by atoms with Gasteiger partial charge in [-0.15, -0.1) is 0 Å². The number of carbonyl (C=O) groups is 2. The highest BCUT2D eigenvalue weighted by Crippen LogP contribution is 2.35. The zero-order valence-electron chi connectivity index (χ0n) is 20.3. The van der Waals surface area contributed by atoms with E-state index in [9.17, 15) is 14.9 Å². The summed E-state index contributed by atoms with van der Waals surface area (Å²) in [4.78, 5) is 33.0. The lowest BCUT2D eigenvalue weighted by molar-refractivity contribution is -0.117. The number of Topliss-reactive ketones (excluding diaryl/α,β-unsaturated/α-hetero) is 1. The molecule has 0 atom stereocenters. The van der Waals surface area contributed by atoms with Crippen molar-refractivity contribution in [3.63, 3.8) is 0 Å². The van der Waals surface area contributed by atoms with E-state index in [4.69, 9.17) is 9.72 Å². The standard InChI is InChI=1S/C26H31N5O3/c1-17-23-16-34-26(3,4)13-21(23)22(14-27)25(28-17)31-11-9-30(10-12-31)15-24(33)29-20-7-5-19(6-8-20)18(2)32/h5-8H,9-13,15-16H2,1-4H3,(H,29,33). The summed E-state index contributed by atoms with van der Waals surface area (Å²) in [5, 5.41) is 12.9. The van der Waals surface area contributed by atoms with Gasteiger partial charge >= 0.3 is 0 Å². The molecule has 0 spiro atoms. The third kappa shape index (κ3) is 5.11. The smallest absolute Gasteiger partial charge is 0.238 e. The molecule has 0 bridgehead atoms. The van der Waals surface area contributed by atoms with Gasteiger partial charge in [0.25, 0.3) is 0 Å². The maximum Gasteiger partial charge on any atom is 0.238 e. The van der Waals surface area contributed by atoms with Crippen LogP contribution in [-0.2, 0) is 22.6 Å². The molecule has 0 saturated carbocycles. The minimum absolute atomic E-state index is 0.00374. The quantitative estimate of drug-likeness (QED) is 0.683. The fourth-order valence-electron chi connectivity index (χ4n) is 4.57. The molecule has 1 N–H and O–H groups in total. The molecule has 4 rings (SSSR count). The van der Waals surface area contributed by atoms with Crippen molar-refractivity contribution in [3.8, 4) is 6.07 Å². The molecule has 2 aliphatic rings. The summed E-state index contributed by atoms with van der Waals surface area (Å²) in [6, 6.07) is 9.32. The van der Waals surface area contributed by atoms with Crippen LogP contribution in [0.4, 0.5) is 11.5 Å². The summed E-state index contributed by atoms with van der Waals surface area (Å²) in [5.74, 6) is 0.647. The topological polar surface area (TPSA) is 98.6 Å². The van der Waals surface area contributed by atoms with Crippen molar-refractivity contribution in [2.24, 2.45) is 0 Å². The van der Waals surface area contributed by atoms with Crippen molar-refractivity contribution in [2.45, 2.75) is 46.3 Å². The van der Waals surface area contributed by atoms with Crippen LogP contribution in [0.25, 0.3) is 0 Å². The number of nitrogens with one attached hydrogen (secondary N) is 1. The second-order valence-corrected chi connectivity index (χ2v) is 9.63. The van der Waals surface area contributed by atoms with Gasteiger partial charge in [0, 0.05) is 55.1 Å². The Labute approximate surface area is 200 Å². The van der Waals surface area contributed by atoms with Gasteiger partial charge in [0.15, 0.2) is 5.78 Å². The molecular formula is C26H31N5O3. The SMILES string of the molecule is CC(=O)c1ccc(NC(=O)CN2CCN(c3nc(C)c4c(c3C#N)CC(C)(C)OC4)CC2)cc1. The second kappa shape index (κ2) is 9.53. The van der Waals surface area contributed by atoms with E-state index in [1.54, 1.807) is 24.3 Å². The normalized spacial score (nSPS) is 17.6. The van der Waals surface area contributed by atoms with Crippen molar-refractivity contribution >= 4 is 23.2 Å². The van der Waals surface area contributed by atoms with Gasteiger partial charge in [0.2, 0.25) is 5.91 Å². The molecule has 3 heterocycles. The fourth-order valence-corrected chi connectivity index (χ4v) is 4.57. The van der Waals surface area contributed by atoms with E-state index in [1.807, 2.05) is 20.8 Å². The highest BCUT2D eigenvalue weighted by atomic mass is 16.5. The Morgan fingerprint density at radius 3 is 2.44 bits per heavy atom. The number of piperazine rings is 1. The Kier molecular flexibility index (Phi) is 6.69. The zero-order chi connectivity index (χ0) is 24.5. The Balaban J connectivity index is 1.39. The number of anilines is 2. The molecule has 2 aliphatic heterocycles. The van der Waals surface area contributed by atoms with Crippen LogP contribution in [0.3, 0.4) is 0 Å². The van der Waals surface area contributed by atoms with Crippen molar-refractivity contribution in [2.75, 3.05) is 42.9 Å². The average Bonchev–Trinajstić information content (AvgIpc) is 2.79. The predicted octanol–water partition coefficient (Wildman–Crippen LogP) is 3.08. The number of hydrogen-bond donors (Lipinski definition) is 1. The first-order valence-electron chi connectivity index (χ1n) is 11.6. The maximum absolute atomic E-state index is 12.5. The van der Waals surface area contributed by atoms with Crippen LogP contribution in [-0.4, -0.2) is 59.9 Å². The summed E-state index contributed by atoms with van der Waals surface area (Å²) >= 11 is 0. The number of pyridine rings is 1. The number of ketones is 1. The number of nitriles is 1. The Hall–Kier alpha value is -3.28. The minimum Gasteiger partial charge on any atom is -0.370 e. The van der Waals surface area contributed by atoms with Gasteiger partial charge in [0.05, 0.1) is 24.3 Å². The van der Waals surface area contributed by atoms with Crippen LogP contribution >= 0.6 is 0 Å². The largest absolute Gasteiger partial charge is 0.370 e. The number of hydrogen-bond acceptors (Lipinski definition) is 7. The van der Waals surface area contributed by atoms with Gasteiger partial charge in [-0.1, -0.05) is 0 Å². The Morgan fingerprint density at radius 2 is 1.82 bits per heavy atom. The highest BCUT2D eigenvalue weighted by Gasteiger charge is 2.32. The number of aromatic nitrogens is 1. The Bertz CT molecular complexity index is 1140. The van der Waals surface area contributed by atoms with E-state index in [2.05, 4.69) is 21.2 Å². The van der Waals surface area contributed by atoms with Crippen molar-refractivity contribution < 1.29 is 14.3 Å². The van der Waals surface area contributed by atoms with E-state index in [0.29, 0.717) is 56.0 Å². The number of fused-ring (bicyclic) bond motifs is 1. The number of rotatable bonds is 5. The molecule has 8 heteroatoms. The highest BCUT2D eigenvalue weighted by molar-refractivity contribution is 5.96. The minimum atomic E-state index is -0.303. The van der Waals surface area contributed by atoms with Gasteiger partial charge in [0.1, 0.15) is 11.9 Å². The first kappa shape index (κ1) is 23.9. The van der Waals surface area contributed by atoms with E-state index in [1.165, 1.54) is 6.92 Å². The summed E-state index contributed by atoms with van der Waals surface area (Å²) in [5.41, 5.74) is 4.64. The van der Waals surface area contributed by atoms with Gasteiger partial charge in [-0.2, -0.15) is 5.26 Å². The molecule has 1 aromatic heterocycles. The van der Waals surface area contributed by atoms with Crippen LogP contribution in [0.1, 0.15) is 53.5 Å². The molecule has 1 fully saturated rings. The van der Waals surface area contributed by atoms with E-state index < -0.39 is 0 Å². The molecule has 2 aromatic rings. The predicted molar refractivity (Wildman–Crippen MR) is 130 cm³/mol. The molecule has 0 aliphatic carbocycles. The molecule has 1 amide bonds. The molecular weight excluding hydrogens is 430 g/mol. The maximum atomic E-state index is 12.5. The zero-order valence-corrected chi connectivity index (χ0v) is 20.3. The van der Waals surface area contributed by atoms with Gasteiger partial charge in [-0.3, -0.25) is 14.5 Å². The van der Waals surface area contributed by atoms with Gasteiger partial charge in [-0.05, 0) is 57.5 Å². The second-order valence-electron chi connectivity index (χ2n) is 9.63. The summed E-state index contributed by atoms with van der Waals surface area (Å²) in [6.07, 6.45) is 0.690. The van der Waals surface area contributed by atoms with Crippen molar-refractivity contribution in [1.82, 2.24) is 9.88 Å². The van der Waals surface area contributed by atoms with Crippen LogP contribution < -0.4 is 10.2 Å².